The average molecular weight is 447 g/mol. The Balaban J connectivity index is 1.57. The maximum absolute atomic E-state index is 13.2. The number of thiazole rings is 1. The molecule has 0 atom stereocenters. The van der Waals surface area contributed by atoms with Gasteiger partial charge in [-0.05, 0) is 30.7 Å². The van der Waals surface area contributed by atoms with Gasteiger partial charge in [-0.25, -0.2) is 0 Å². The van der Waals surface area contributed by atoms with E-state index in [1.807, 2.05) is 54.6 Å². The summed E-state index contributed by atoms with van der Waals surface area (Å²) in [7, 11) is 0. The number of nitrogens with zero attached hydrogens (tertiary/aromatic N) is 2. The van der Waals surface area contributed by atoms with Crippen LogP contribution in [0.3, 0.4) is 0 Å². The fraction of sp³-hybridized carbons (Fsp3) is 0.200. The molecule has 1 amide bonds. The number of carbonyl (C=O) groups is 1. The third-order valence-corrected chi connectivity index (χ3v) is 6.12. The minimum absolute atomic E-state index is 0.342. The number of hydrogen-bond acceptors (Lipinski definition) is 5. The first-order valence-electron chi connectivity index (χ1n) is 10.6. The van der Waals surface area contributed by atoms with E-state index in [4.69, 9.17) is 14.2 Å². The first kappa shape index (κ1) is 20.3. The van der Waals surface area contributed by atoms with Gasteiger partial charge in [-0.15, -0.1) is 0 Å². The highest BCUT2D eigenvalue weighted by Crippen LogP contribution is 2.35. The van der Waals surface area contributed by atoms with Crippen LogP contribution in [0.15, 0.2) is 71.7 Å². The molecule has 4 aromatic rings. The molecule has 2 heterocycles. The smallest absolute Gasteiger partial charge is 0.283 e. The highest BCUT2D eigenvalue weighted by atomic mass is 32.1. The molecule has 0 saturated heterocycles. The van der Waals surface area contributed by atoms with Crippen LogP contribution in [0.5, 0.6) is 23.0 Å². The maximum atomic E-state index is 13.2. The topological polar surface area (TPSA) is 62.1 Å². The predicted octanol–water partition coefficient (Wildman–Crippen LogP) is 5.42. The van der Waals surface area contributed by atoms with Gasteiger partial charge in [0.15, 0.2) is 16.3 Å². The molecule has 0 unspecified atom stereocenters. The van der Waals surface area contributed by atoms with Gasteiger partial charge in [0, 0.05) is 18.7 Å². The van der Waals surface area contributed by atoms with E-state index in [9.17, 15) is 4.79 Å². The first-order chi connectivity index (χ1) is 15.7. The molecule has 5 rings (SSSR count). The SMILES string of the molecule is CCCn1c(=NC(=O)c2ccccc2Oc2ccccc2)sc2cc3c(cc21)OCCO3. The van der Waals surface area contributed by atoms with E-state index < -0.39 is 0 Å². The lowest BCUT2D eigenvalue weighted by Gasteiger charge is -2.18. The van der Waals surface area contributed by atoms with Crippen LogP contribution in [-0.4, -0.2) is 23.7 Å². The second-order valence-corrected chi connectivity index (χ2v) is 8.34. The van der Waals surface area contributed by atoms with Crippen molar-refractivity contribution in [3.05, 3.63) is 77.1 Å². The Kier molecular flexibility index (Phi) is 5.64. The molecule has 0 N–H and O–H groups in total. The Hall–Kier alpha value is -3.58. The molecular formula is C25H22N2O4S. The van der Waals surface area contributed by atoms with Crippen molar-refractivity contribution in [2.24, 2.45) is 4.99 Å². The normalized spacial score (nSPS) is 13.3. The lowest BCUT2D eigenvalue weighted by atomic mass is 10.2. The number of fused-ring (bicyclic) bond motifs is 2. The number of aromatic nitrogens is 1. The molecule has 0 bridgehead atoms. The molecule has 0 radical (unpaired) electrons. The molecule has 3 aromatic carbocycles. The van der Waals surface area contributed by atoms with Gasteiger partial charge in [0.2, 0.25) is 0 Å². The minimum Gasteiger partial charge on any atom is -0.486 e. The van der Waals surface area contributed by atoms with Gasteiger partial charge < -0.3 is 18.8 Å². The molecule has 6 nitrogen and oxygen atoms in total. The Morgan fingerprint density at radius 3 is 2.53 bits per heavy atom. The monoisotopic (exact) mass is 446 g/mol. The number of carbonyl (C=O) groups excluding carboxylic acids is 1. The first-order valence-corrected chi connectivity index (χ1v) is 11.4. The summed E-state index contributed by atoms with van der Waals surface area (Å²) in [6.45, 7) is 3.91. The molecule has 0 fully saturated rings. The molecule has 0 saturated carbocycles. The van der Waals surface area contributed by atoms with E-state index >= 15 is 0 Å². The molecule has 32 heavy (non-hydrogen) atoms. The number of amides is 1. The van der Waals surface area contributed by atoms with Gasteiger partial charge in [-0.3, -0.25) is 4.79 Å². The van der Waals surface area contributed by atoms with Crippen LogP contribution < -0.4 is 19.0 Å². The number of hydrogen-bond donors (Lipinski definition) is 0. The number of rotatable bonds is 5. The van der Waals surface area contributed by atoms with Crippen LogP contribution in [-0.2, 0) is 6.54 Å². The van der Waals surface area contributed by atoms with Crippen LogP contribution in [0.25, 0.3) is 10.2 Å². The van der Waals surface area contributed by atoms with Crippen molar-refractivity contribution in [1.29, 1.82) is 0 Å². The van der Waals surface area contributed by atoms with Crippen molar-refractivity contribution < 1.29 is 19.0 Å². The van der Waals surface area contributed by atoms with Gasteiger partial charge in [0.05, 0.1) is 15.8 Å². The van der Waals surface area contributed by atoms with Crippen molar-refractivity contribution in [3.8, 4) is 23.0 Å². The second-order valence-electron chi connectivity index (χ2n) is 7.33. The number of aryl methyl sites for hydroxylation is 1. The summed E-state index contributed by atoms with van der Waals surface area (Å²) < 4.78 is 20.5. The quantitative estimate of drug-likeness (QED) is 0.411. The van der Waals surface area contributed by atoms with Crippen molar-refractivity contribution in [3.63, 3.8) is 0 Å². The number of benzene rings is 3. The van der Waals surface area contributed by atoms with E-state index in [2.05, 4.69) is 16.5 Å². The van der Waals surface area contributed by atoms with Gasteiger partial charge >= 0.3 is 0 Å². The molecule has 0 aliphatic carbocycles. The van der Waals surface area contributed by atoms with Gasteiger partial charge in [0.25, 0.3) is 5.91 Å². The lowest BCUT2D eigenvalue weighted by molar-refractivity contribution is 0.0995. The summed E-state index contributed by atoms with van der Waals surface area (Å²) in [6, 6.07) is 20.5. The van der Waals surface area contributed by atoms with Crippen LogP contribution in [0.2, 0.25) is 0 Å². The molecule has 7 heteroatoms. The Labute approximate surface area is 189 Å². The van der Waals surface area contributed by atoms with E-state index in [1.165, 1.54) is 11.3 Å². The summed E-state index contributed by atoms with van der Waals surface area (Å²) in [5, 5.41) is 0. The third-order valence-electron chi connectivity index (χ3n) is 5.08. The fourth-order valence-electron chi connectivity index (χ4n) is 3.63. The van der Waals surface area contributed by atoms with E-state index in [0.29, 0.717) is 35.1 Å². The van der Waals surface area contributed by atoms with E-state index in [1.54, 1.807) is 12.1 Å². The van der Waals surface area contributed by atoms with Crippen molar-refractivity contribution in [2.45, 2.75) is 19.9 Å². The van der Waals surface area contributed by atoms with Gasteiger partial charge in [-0.2, -0.15) is 4.99 Å². The predicted molar refractivity (Wildman–Crippen MR) is 124 cm³/mol. The van der Waals surface area contributed by atoms with Crippen molar-refractivity contribution >= 4 is 27.5 Å². The van der Waals surface area contributed by atoms with E-state index in [-0.39, 0.29) is 5.91 Å². The molecule has 1 aromatic heterocycles. The largest absolute Gasteiger partial charge is 0.486 e. The summed E-state index contributed by atoms with van der Waals surface area (Å²) in [5.41, 5.74) is 1.41. The summed E-state index contributed by atoms with van der Waals surface area (Å²) in [4.78, 5) is 18.3. The zero-order valence-corrected chi connectivity index (χ0v) is 18.4. The third kappa shape index (κ3) is 3.99. The highest BCUT2D eigenvalue weighted by Gasteiger charge is 2.18. The van der Waals surface area contributed by atoms with Crippen molar-refractivity contribution in [2.75, 3.05) is 13.2 Å². The molecule has 0 spiro atoms. The zero-order chi connectivity index (χ0) is 21.9. The second kappa shape index (κ2) is 8.88. The van der Waals surface area contributed by atoms with Crippen LogP contribution >= 0.6 is 11.3 Å². The Morgan fingerprint density at radius 1 is 1.03 bits per heavy atom. The lowest BCUT2D eigenvalue weighted by Crippen LogP contribution is -2.18. The highest BCUT2D eigenvalue weighted by molar-refractivity contribution is 7.16. The summed E-state index contributed by atoms with van der Waals surface area (Å²) >= 11 is 1.47. The van der Waals surface area contributed by atoms with Crippen LogP contribution in [0.4, 0.5) is 0 Å². The molecule has 1 aliphatic heterocycles. The van der Waals surface area contributed by atoms with Crippen LogP contribution in [0.1, 0.15) is 23.7 Å². The average Bonchev–Trinajstić information content (AvgIpc) is 3.14. The van der Waals surface area contributed by atoms with Gasteiger partial charge in [0.1, 0.15) is 24.7 Å². The fourth-order valence-corrected chi connectivity index (χ4v) is 4.69. The molecular weight excluding hydrogens is 424 g/mol. The number of ether oxygens (including phenoxy) is 3. The Bertz CT molecular complexity index is 1340. The minimum atomic E-state index is -0.342. The molecule has 1 aliphatic rings. The zero-order valence-electron chi connectivity index (χ0n) is 17.6. The van der Waals surface area contributed by atoms with Crippen LogP contribution in [0, 0.1) is 0 Å². The van der Waals surface area contributed by atoms with E-state index in [0.717, 1.165) is 34.7 Å². The number of para-hydroxylation sites is 2. The summed E-state index contributed by atoms with van der Waals surface area (Å²) in [5.74, 6) is 2.26. The van der Waals surface area contributed by atoms with Crippen molar-refractivity contribution in [1.82, 2.24) is 4.57 Å². The standard InChI is InChI=1S/C25H22N2O4S/c1-2-12-27-19-15-21-22(30-14-13-29-21)16-23(19)32-25(27)26-24(28)18-10-6-7-11-20(18)31-17-8-4-3-5-9-17/h3-11,15-16H,2,12-14H2,1H3. The maximum Gasteiger partial charge on any atom is 0.283 e. The summed E-state index contributed by atoms with van der Waals surface area (Å²) in [6.07, 6.45) is 0.912. The van der Waals surface area contributed by atoms with Gasteiger partial charge in [-0.1, -0.05) is 48.6 Å². The molecule has 162 valence electrons. The Morgan fingerprint density at radius 2 is 1.75 bits per heavy atom.